The first-order valence-corrected chi connectivity index (χ1v) is 10.3. The van der Waals surface area contributed by atoms with Gasteiger partial charge in [-0.1, -0.05) is 25.9 Å². The molecule has 3 aromatic heterocycles. The van der Waals surface area contributed by atoms with Crippen molar-refractivity contribution in [2.45, 2.75) is 39.2 Å². The van der Waals surface area contributed by atoms with E-state index in [2.05, 4.69) is 41.1 Å². The first kappa shape index (κ1) is 19.4. The van der Waals surface area contributed by atoms with Crippen molar-refractivity contribution in [3.63, 3.8) is 0 Å². The summed E-state index contributed by atoms with van der Waals surface area (Å²) in [7, 11) is 1.64. The molecule has 0 radical (unpaired) electrons. The number of carbonyl (C=O) groups is 1. The van der Waals surface area contributed by atoms with Gasteiger partial charge in [0.15, 0.2) is 0 Å². The van der Waals surface area contributed by atoms with Crippen LogP contribution in [-0.4, -0.2) is 29.7 Å². The van der Waals surface area contributed by atoms with Crippen LogP contribution in [-0.2, 0) is 18.4 Å². The Balaban J connectivity index is 1.49. The number of hydrogen-bond donors (Lipinski definition) is 1. The standard InChI is InChI=1S/C21H24N4O3S/c1-21(2,3)18-8-19(28-24-18)23-20(26)16-12-29-17-11-25(6-5-15(16)17)13-7-14(27-4)10-22-9-13/h7-10,12H,5-6,11H2,1-4H3,(H,23,26). The Morgan fingerprint density at radius 1 is 1.31 bits per heavy atom. The number of nitrogens with one attached hydrogen (secondary N) is 1. The quantitative estimate of drug-likeness (QED) is 0.690. The molecule has 4 rings (SSSR count). The smallest absolute Gasteiger partial charge is 0.259 e. The number of fused-ring (bicyclic) bond motifs is 1. The zero-order chi connectivity index (χ0) is 20.6. The van der Waals surface area contributed by atoms with Gasteiger partial charge in [0, 0.05) is 34.3 Å². The van der Waals surface area contributed by atoms with E-state index in [-0.39, 0.29) is 11.3 Å². The molecule has 29 heavy (non-hydrogen) atoms. The summed E-state index contributed by atoms with van der Waals surface area (Å²) in [6.45, 7) is 7.72. The minimum absolute atomic E-state index is 0.132. The van der Waals surface area contributed by atoms with Crippen molar-refractivity contribution in [3.8, 4) is 5.75 Å². The molecule has 0 unspecified atom stereocenters. The van der Waals surface area contributed by atoms with Gasteiger partial charge in [0.2, 0.25) is 5.88 Å². The number of thiophene rings is 1. The summed E-state index contributed by atoms with van der Waals surface area (Å²) in [5.41, 5.74) is 3.51. The fourth-order valence-corrected chi connectivity index (χ4v) is 4.39. The highest BCUT2D eigenvalue weighted by molar-refractivity contribution is 7.10. The number of pyridine rings is 1. The molecule has 1 amide bonds. The van der Waals surface area contributed by atoms with Gasteiger partial charge < -0.3 is 14.2 Å². The second-order valence-corrected chi connectivity index (χ2v) is 9.05. The van der Waals surface area contributed by atoms with Gasteiger partial charge in [-0.15, -0.1) is 11.3 Å². The van der Waals surface area contributed by atoms with Crippen molar-refractivity contribution in [2.75, 3.05) is 23.9 Å². The lowest BCUT2D eigenvalue weighted by atomic mass is 9.92. The van der Waals surface area contributed by atoms with Crippen LogP contribution in [0.4, 0.5) is 11.6 Å². The van der Waals surface area contributed by atoms with Crippen molar-refractivity contribution in [1.82, 2.24) is 10.1 Å². The lowest BCUT2D eigenvalue weighted by molar-refractivity contribution is 0.102. The van der Waals surface area contributed by atoms with Gasteiger partial charge in [0.1, 0.15) is 5.75 Å². The Bertz CT molecular complexity index is 1030. The van der Waals surface area contributed by atoms with Gasteiger partial charge in [0.25, 0.3) is 5.91 Å². The third kappa shape index (κ3) is 3.98. The molecule has 0 bridgehead atoms. The van der Waals surface area contributed by atoms with E-state index in [9.17, 15) is 4.79 Å². The maximum absolute atomic E-state index is 12.8. The Labute approximate surface area is 173 Å². The number of hydrogen-bond acceptors (Lipinski definition) is 7. The number of methoxy groups -OCH3 is 1. The van der Waals surface area contributed by atoms with Gasteiger partial charge in [0.05, 0.1) is 43.0 Å². The third-order valence-corrected chi connectivity index (χ3v) is 6.02. The molecule has 0 saturated heterocycles. The molecule has 0 fully saturated rings. The molecule has 3 aromatic rings. The summed E-state index contributed by atoms with van der Waals surface area (Å²) >= 11 is 1.61. The van der Waals surface area contributed by atoms with E-state index in [0.717, 1.165) is 42.2 Å². The summed E-state index contributed by atoms with van der Waals surface area (Å²) in [6.07, 6.45) is 4.33. The number of carbonyl (C=O) groups excluding carboxylic acids is 1. The van der Waals surface area contributed by atoms with E-state index >= 15 is 0 Å². The van der Waals surface area contributed by atoms with Crippen molar-refractivity contribution >= 4 is 28.8 Å². The van der Waals surface area contributed by atoms with Crippen molar-refractivity contribution < 1.29 is 14.1 Å². The van der Waals surface area contributed by atoms with Crippen LogP contribution in [0.3, 0.4) is 0 Å². The zero-order valence-electron chi connectivity index (χ0n) is 17.0. The van der Waals surface area contributed by atoms with E-state index in [1.807, 2.05) is 17.6 Å². The fraction of sp³-hybridized carbons (Fsp3) is 0.381. The first-order valence-electron chi connectivity index (χ1n) is 9.47. The normalized spacial score (nSPS) is 13.9. The Hall–Kier alpha value is -2.87. The summed E-state index contributed by atoms with van der Waals surface area (Å²) in [5, 5.41) is 8.83. The highest BCUT2D eigenvalue weighted by atomic mass is 32.1. The molecule has 0 aromatic carbocycles. The average Bonchev–Trinajstić information content (AvgIpc) is 3.34. The minimum atomic E-state index is -0.157. The van der Waals surface area contributed by atoms with Gasteiger partial charge >= 0.3 is 0 Å². The van der Waals surface area contributed by atoms with Gasteiger partial charge in [-0.05, 0) is 12.0 Å². The molecule has 8 heteroatoms. The van der Waals surface area contributed by atoms with Crippen molar-refractivity contribution in [1.29, 1.82) is 0 Å². The van der Waals surface area contributed by atoms with Crippen LogP contribution >= 0.6 is 11.3 Å². The molecule has 1 N–H and O–H groups in total. The monoisotopic (exact) mass is 412 g/mol. The van der Waals surface area contributed by atoms with Crippen molar-refractivity contribution in [2.24, 2.45) is 0 Å². The van der Waals surface area contributed by atoms with E-state index in [1.165, 1.54) is 4.88 Å². The van der Waals surface area contributed by atoms with E-state index in [0.29, 0.717) is 11.4 Å². The lowest BCUT2D eigenvalue weighted by Crippen LogP contribution is -2.30. The SMILES string of the molecule is COc1cncc(N2CCc3c(C(=O)Nc4cc(C(C)(C)C)no4)csc3C2)c1. The van der Waals surface area contributed by atoms with Crippen LogP contribution in [0.2, 0.25) is 0 Å². The Morgan fingerprint density at radius 2 is 2.14 bits per heavy atom. The number of anilines is 2. The van der Waals surface area contributed by atoms with Gasteiger partial charge in [-0.3, -0.25) is 15.1 Å². The van der Waals surface area contributed by atoms with Gasteiger partial charge in [-0.25, -0.2) is 0 Å². The highest BCUT2D eigenvalue weighted by Crippen LogP contribution is 2.32. The molecule has 4 heterocycles. The molecule has 0 saturated carbocycles. The largest absolute Gasteiger partial charge is 0.495 e. The summed E-state index contributed by atoms with van der Waals surface area (Å²) < 4.78 is 10.6. The molecule has 0 spiro atoms. The third-order valence-electron chi connectivity index (χ3n) is 5.01. The molecule has 1 aliphatic heterocycles. The average molecular weight is 413 g/mol. The zero-order valence-corrected chi connectivity index (χ0v) is 17.8. The summed E-state index contributed by atoms with van der Waals surface area (Å²) in [4.78, 5) is 20.5. The molecule has 0 aliphatic carbocycles. The van der Waals surface area contributed by atoms with Crippen LogP contribution in [0.1, 0.15) is 47.3 Å². The second kappa shape index (κ2) is 7.51. The number of aromatic nitrogens is 2. The lowest BCUT2D eigenvalue weighted by Gasteiger charge is -2.29. The maximum Gasteiger partial charge on any atom is 0.259 e. The van der Waals surface area contributed by atoms with Crippen LogP contribution in [0.15, 0.2) is 34.4 Å². The minimum Gasteiger partial charge on any atom is -0.495 e. The number of rotatable bonds is 4. The molecular formula is C21H24N4O3S. The van der Waals surface area contributed by atoms with Crippen molar-refractivity contribution in [3.05, 3.63) is 51.6 Å². The molecule has 7 nitrogen and oxygen atoms in total. The van der Waals surface area contributed by atoms with Crippen LogP contribution in [0.25, 0.3) is 0 Å². The van der Waals surface area contributed by atoms with E-state index < -0.39 is 0 Å². The molecule has 152 valence electrons. The maximum atomic E-state index is 12.8. The van der Waals surface area contributed by atoms with Crippen LogP contribution in [0.5, 0.6) is 5.75 Å². The first-order chi connectivity index (χ1) is 13.8. The molecular weight excluding hydrogens is 388 g/mol. The van der Waals surface area contributed by atoms with Crippen LogP contribution in [0, 0.1) is 0 Å². The van der Waals surface area contributed by atoms with E-state index in [1.54, 1.807) is 30.7 Å². The summed E-state index contributed by atoms with van der Waals surface area (Å²) in [5.74, 6) is 0.955. The fourth-order valence-electron chi connectivity index (χ4n) is 3.30. The Morgan fingerprint density at radius 3 is 2.86 bits per heavy atom. The number of ether oxygens (including phenoxy) is 1. The topological polar surface area (TPSA) is 80.5 Å². The predicted octanol–water partition coefficient (Wildman–Crippen LogP) is 4.25. The predicted molar refractivity (Wildman–Crippen MR) is 113 cm³/mol. The highest BCUT2D eigenvalue weighted by Gasteiger charge is 2.26. The summed E-state index contributed by atoms with van der Waals surface area (Å²) in [6, 6.07) is 3.77. The molecule has 1 aliphatic rings. The number of nitrogens with zero attached hydrogens (tertiary/aromatic N) is 3. The number of amides is 1. The molecule has 0 atom stereocenters. The van der Waals surface area contributed by atoms with E-state index in [4.69, 9.17) is 9.26 Å². The van der Waals surface area contributed by atoms with Crippen LogP contribution < -0.4 is 15.0 Å². The van der Waals surface area contributed by atoms with Gasteiger partial charge in [-0.2, -0.15) is 0 Å². The Kier molecular flexibility index (Phi) is 5.04. The second-order valence-electron chi connectivity index (χ2n) is 8.09.